The van der Waals surface area contributed by atoms with E-state index in [9.17, 15) is 34.4 Å². The standard InChI is InChI=1S/C49H95O12P/c1-4-6-7-8-25-30-35-46(52)47(53)36-31-26-23-28-33-38-49(55)61-45(42-60-62(56,57)59-40-44(51)39-50)41-58-48(54)37-32-27-22-20-18-16-14-12-10-9-11-13-15-17-19-21-24-29-34-43(3)5-2/h25,30,43-47,50-53H,4-24,26-29,31-42H2,1-3H3,(H,56,57)/b30-25-/t43?,44-,45+,46-,47-/m0/s1. The summed E-state index contributed by atoms with van der Waals surface area (Å²) in [4.78, 5) is 35.1. The minimum atomic E-state index is -4.66. The van der Waals surface area contributed by atoms with Crippen molar-refractivity contribution in [1.29, 1.82) is 0 Å². The molecule has 5 N–H and O–H groups in total. The molecule has 13 heteroatoms. The van der Waals surface area contributed by atoms with Crippen LogP contribution in [0.15, 0.2) is 12.2 Å². The molecule has 0 spiro atoms. The lowest BCUT2D eigenvalue weighted by atomic mass is 9.99. The highest BCUT2D eigenvalue weighted by molar-refractivity contribution is 7.47. The second-order valence-electron chi connectivity index (χ2n) is 17.8. The van der Waals surface area contributed by atoms with Gasteiger partial charge in [-0.1, -0.05) is 193 Å². The van der Waals surface area contributed by atoms with Crippen LogP contribution in [0.25, 0.3) is 0 Å². The Balaban J connectivity index is 4.24. The molecule has 0 rings (SSSR count). The van der Waals surface area contributed by atoms with Crippen molar-refractivity contribution in [3.05, 3.63) is 12.2 Å². The molecule has 0 aromatic carbocycles. The van der Waals surface area contributed by atoms with Crippen LogP contribution in [-0.2, 0) is 32.7 Å². The molecule has 0 aliphatic rings. The number of hydrogen-bond acceptors (Lipinski definition) is 11. The van der Waals surface area contributed by atoms with Crippen LogP contribution in [-0.4, -0.2) is 88.1 Å². The number of phosphoric acid groups is 1. The predicted octanol–water partition coefficient (Wildman–Crippen LogP) is 11.8. The molecule has 2 unspecified atom stereocenters. The van der Waals surface area contributed by atoms with Crippen LogP contribution in [0, 0.1) is 5.92 Å². The van der Waals surface area contributed by atoms with Gasteiger partial charge in [0.2, 0.25) is 0 Å². The Kier molecular flexibility index (Phi) is 42.6. The highest BCUT2D eigenvalue weighted by Crippen LogP contribution is 2.43. The summed E-state index contributed by atoms with van der Waals surface area (Å²) in [7, 11) is -4.66. The van der Waals surface area contributed by atoms with Crippen LogP contribution >= 0.6 is 7.82 Å². The summed E-state index contributed by atoms with van der Waals surface area (Å²) in [6.07, 6.45) is 34.8. The molecule has 368 valence electrons. The first-order valence-corrected chi connectivity index (χ1v) is 26.7. The molecule has 0 aliphatic heterocycles. The largest absolute Gasteiger partial charge is 0.472 e. The number of ether oxygens (including phenoxy) is 2. The lowest BCUT2D eigenvalue weighted by Crippen LogP contribution is -2.29. The van der Waals surface area contributed by atoms with E-state index in [-0.39, 0.29) is 19.4 Å². The monoisotopic (exact) mass is 907 g/mol. The van der Waals surface area contributed by atoms with E-state index in [1.165, 1.54) is 116 Å². The van der Waals surface area contributed by atoms with Gasteiger partial charge in [0, 0.05) is 12.8 Å². The molecule has 0 aliphatic carbocycles. The van der Waals surface area contributed by atoms with Crippen molar-refractivity contribution >= 4 is 19.8 Å². The van der Waals surface area contributed by atoms with Gasteiger partial charge in [0.05, 0.1) is 32.0 Å². The third-order valence-corrected chi connectivity index (χ3v) is 12.6. The minimum absolute atomic E-state index is 0.0887. The third-order valence-electron chi connectivity index (χ3n) is 11.7. The van der Waals surface area contributed by atoms with Crippen molar-refractivity contribution in [2.75, 3.05) is 26.4 Å². The zero-order chi connectivity index (χ0) is 45.9. The van der Waals surface area contributed by atoms with Crippen LogP contribution in [0.4, 0.5) is 0 Å². The highest BCUT2D eigenvalue weighted by Gasteiger charge is 2.27. The fourth-order valence-corrected chi connectivity index (χ4v) is 8.02. The predicted molar refractivity (Wildman–Crippen MR) is 250 cm³/mol. The first kappa shape index (κ1) is 60.6. The first-order chi connectivity index (χ1) is 29.9. The molecule has 0 fully saturated rings. The van der Waals surface area contributed by atoms with Gasteiger partial charge in [0.25, 0.3) is 0 Å². The Morgan fingerprint density at radius 2 is 1.03 bits per heavy atom. The number of unbranched alkanes of at least 4 members (excludes halogenated alkanes) is 24. The molecule has 12 nitrogen and oxygen atoms in total. The summed E-state index contributed by atoms with van der Waals surface area (Å²) < 4.78 is 32.7. The Hall–Kier alpha value is -1.37. The zero-order valence-corrected chi connectivity index (χ0v) is 40.6. The average molecular weight is 907 g/mol. The summed E-state index contributed by atoms with van der Waals surface area (Å²) >= 11 is 0. The number of aliphatic hydroxyl groups excluding tert-OH is 4. The van der Waals surface area contributed by atoms with Crippen molar-refractivity contribution in [3.8, 4) is 0 Å². The Morgan fingerprint density at radius 1 is 0.565 bits per heavy atom. The first-order valence-electron chi connectivity index (χ1n) is 25.2. The van der Waals surface area contributed by atoms with E-state index < -0.39 is 64.0 Å². The quantitative estimate of drug-likeness (QED) is 0.0168. The van der Waals surface area contributed by atoms with E-state index in [2.05, 4.69) is 31.4 Å². The van der Waals surface area contributed by atoms with Gasteiger partial charge >= 0.3 is 19.8 Å². The molecular weight excluding hydrogens is 812 g/mol. The maximum atomic E-state index is 12.7. The molecule has 0 bridgehead atoms. The fraction of sp³-hybridized carbons (Fsp3) is 0.918. The number of carbonyl (C=O) groups is 2. The lowest BCUT2D eigenvalue weighted by Gasteiger charge is -2.20. The normalized spacial score (nSPS) is 15.3. The average Bonchev–Trinajstić information content (AvgIpc) is 3.26. The topological polar surface area (TPSA) is 189 Å². The van der Waals surface area contributed by atoms with Gasteiger partial charge in [-0.3, -0.25) is 18.6 Å². The second kappa shape index (κ2) is 43.5. The van der Waals surface area contributed by atoms with Gasteiger partial charge in [-0.2, -0.15) is 0 Å². The summed E-state index contributed by atoms with van der Waals surface area (Å²) in [5.74, 6) is -0.136. The summed E-state index contributed by atoms with van der Waals surface area (Å²) in [5.41, 5.74) is 0. The molecule has 0 saturated carbocycles. The molecule has 0 aromatic heterocycles. The molecule has 0 heterocycles. The SMILES string of the molecule is CCCCC/C=C\C[C@H](O)[C@@H](O)CCCCCCCC(=O)O[C@H](COC(=O)CCCCCCCCCCCCCCCCCCCCC(C)CC)COP(=O)(O)OC[C@@H](O)CO. The van der Waals surface area contributed by atoms with Crippen LogP contribution in [0.3, 0.4) is 0 Å². The Morgan fingerprint density at radius 3 is 1.53 bits per heavy atom. The number of esters is 2. The molecule has 0 saturated heterocycles. The van der Waals surface area contributed by atoms with Gasteiger partial charge in [-0.25, -0.2) is 4.57 Å². The fourth-order valence-electron chi connectivity index (χ4n) is 7.23. The van der Waals surface area contributed by atoms with Crippen molar-refractivity contribution in [2.24, 2.45) is 5.92 Å². The van der Waals surface area contributed by atoms with E-state index in [1.807, 2.05) is 6.08 Å². The zero-order valence-electron chi connectivity index (χ0n) is 39.7. The van der Waals surface area contributed by atoms with E-state index >= 15 is 0 Å². The molecular formula is C49H95O12P. The molecule has 6 atom stereocenters. The molecule has 0 radical (unpaired) electrons. The lowest BCUT2D eigenvalue weighted by molar-refractivity contribution is -0.161. The maximum Gasteiger partial charge on any atom is 0.472 e. The highest BCUT2D eigenvalue weighted by atomic mass is 31.2. The number of carbonyl (C=O) groups excluding carboxylic acids is 2. The van der Waals surface area contributed by atoms with Crippen LogP contribution in [0.5, 0.6) is 0 Å². The van der Waals surface area contributed by atoms with Crippen molar-refractivity contribution in [2.45, 2.75) is 257 Å². The van der Waals surface area contributed by atoms with Crippen molar-refractivity contribution < 1.29 is 58.0 Å². The minimum Gasteiger partial charge on any atom is -0.462 e. The Labute approximate surface area is 378 Å². The number of phosphoric ester groups is 1. The van der Waals surface area contributed by atoms with Gasteiger partial charge in [-0.05, 0) is 44.4 Å². The van der Waals surface area contributed by atoms with E-state index in [0.717, 1.165) is 63.7 Å². The second-order valence-corrected chi connectivity index (χ2v) is 19.2. The number of aliphatic hydroxyl groups is 4. The maximum absolute atomic E-state index is 12.7. The van der Waals surface area contributed by atoms with E-state index in [4.69, 9.17) is 19.1 Å². The van der Waals surface area contributed by atoms with Crippen LogP contribution < -0.4 is 0 Å². The van der Waals surface area contributed by atoms with Crippen LogP contribution in [0.2, 0.25) is 0 Å². The van der Waals surface area contributed by atoms with Gasteiger partial charge < -0.3 is 34.8 Å². The summed E-state index contributed by atoms with van der Waals surface area (Å²) in [6.45, 7) is 4.57. The van der Waals surface area contributed by atoms with Gasteiger partial charge in [0.1, 0.15) is 12.7 Å². The van der Waals surface area contributed by atoms with Gasteiger partial charge in [-0.15, -0.1) is 0 Å². The number of hydrogen-bond donors (Lipinski definition) is 5. The summed E-state index contributed by atoms with van der Waals surface area (Å²) in [6, 6.07) is 0. The van der Waals surface area contributed by atoms with E-state index in [1.54, 1.807) is 0 Å². The third kappa shape index (κ3) is 41.3. The van der Waals surface area contributed by atoms with Gasteiger partial charge in [0.15, 0.2) is 6.10 Å². The van der Waals surface area contributed by atoms with Crippen LogP contribution in [0.1, 0.15) is 233 Å². The number of rotatable bonds is 47. The van der Waals surface area contributed by atoms with E-state index in [0.29, 0.717) is 25.7 Å². The Bertz CT molecular complexity index is 1090. The van der Waals surface area contributed by atoms with Crippen molar-refractivity contribution in [3.63, 3.8) is 0 Å². The smallest absolute Gasteiger partial charge is 0.462 e. The molecule has 62 heavy (non-hydrogen) atoms. The molecule has 0 aromatic rings. The number of allylic oxidation sites excluding steroid dienone is 1. The molecule has 0 amide bonds. The van der Waals surface area contributed by atoms with Crippen molar-refractivity contribution in [1.82, 2.24) is 0 Å². The summed E-state index contributed by atoms with van der Waals surface area (Å²) in [5, 5.41) is 38.9.